The number of carbonyl (C=O) groups is 1. The van der Waals surface area contributed by atoms with Crippen molar-refractivity contribution in [2.45, 2.75) is 44.6 Å². The molecule has 1 aromatic rings. The summed E-state index contributed by atoms with van der Waals surface area (Å²) >= 11 is 5.95. The molecule has 4 nitrogen and oxygen atoms in total. The van der Waals surface area contributed by atoms with Gasteiger partial charge in [0.1, 0.15) is 0 Å². The molecular formula is C20H29ClN2O2. The number of amides is 1. The summed E-state index contributed by atoms with van der Waals surface area (Å²) < 4.78 is 5.49. The molecule has 5 heteroatoms. The molecule has 0 atom stereocenters. The number of rotatable bonds is 6. The molecule has 0 unspecified atom stereocenters. The van der Waals surface area contributed by atoms with Crippen LogP contribution in [0.1, 0.15) is 37.7 Å². The van der Waals surface area contributed by atoms with Crippen molar-refractivity contribution in [3.05, 3.63) is 34.9 Å². The SMILES string of the molecule is O=C(Cc1ccc(Cl)cc1)N(CCN1CCCCC1)C1CCOCC1. The second kappa shape index (κ2) is 9.56. The number of nitrogens with zero attached hydrogens (tertiary/aromatic N) is 2. The van der Waals surface area contributed by atoms with Gasteiger partial charge in [-0.05, 0) is 56.5 Å². The van der Waals surface area contributed by atoms with Gasteiger partial charge in [0.2, 0.25) is 5.91 Å². The van der Waals surface area contributed by atoms with E-state index in [1.165, 1.54) is 32.4 Å². The number of benzene rings is 1. The molecule has 25 heavy (non-hydrogen) atoms. The van der Waals surface area contributed by atoms with Crippen molar-refractivity contribution in [3.8, 4) is 0 Å². The molecule has 0 radical (unpaired) electrons. The molecule has 1 aromatic carbocycles. The molecule has 1 amide bonds. The molecule has 0 saturated carbocycles. The first kappa shape index (κ1) is 18.7. The lowest BCUT2D eigenvalue weighted by atomic mass is 10.0. The van der Waals surface area contributed by atoms with Crippen LogP contribution < -0.4 is 0 Å². The third kappa shape index (κ3) is 5.70. The molecule has 138 valence electrons. The second-order valence-corrected chi connectivity index (χ2v) is 7.57. The van der Waals surface area contributed by atoms with Crippen LogP contribution in [0.4, 0.5) is 0 Å². The molecule has 2 heterocycles. The highest BCUT2D eigenvalue weighted by molar-refractivity contribution is 6.30. The lowest BCUT2D eigenvalue weighted by molar-refractivity contribution is -0.135. The summed E-state index contributed by atoms with van der Waals surface area (Å²) in [6.45, 7) is 5.69. The molecule has 0 spiro atoms. The fourth-order valence-electron chi connectivity index (χ4n) is 3.82. The minimum atomic E-state index is 0.228. The number of ether oxygens (including phenoxy) is 1. The molecule has 2 aliphatic heterocycles. The largest absolute Gasteiger partial charge is 0.381 e. The number of hydrogen-bond donors (Lipinski definition) is 0. The molecule has 3 rings (SSSR count). The molecule has 0 bridgehead atoms. The Morgan fingerprint density at radius 1 is 1.12 bits per heavy atom. The van der Waals surface area contributed by atoms with E-state index in [2.05, 4.69) is 9.80 Å². The average molecular weight is 365 g/mol. The zero-order valence-electron chi connectivity index (χ0n) is 15.0. The number of piperidine rings is 1. The Labute approximate surface area is 156 Å². The van der Waals surface area contributed by atoms with Crippen molar-refractivity contribution in [1.29, 1.82) is 0 Å². The Morgan fingerprint density at radius 2 is 1.80 bits per heavy atom. The standard InChI is InChI=1S/C20H29ClN2O2/c21-18-6-4-17(5-7-18)16-20(24)23(19-8-14-25-15-9-19)13-12-22-10-2-1-3-11-22/h4-7,19H,1-3,8-16H2. The topological polar surface area (TPSA) is 32.8 Å². The van der Waals surface area contributed by atoms with E-state index in [9.17, 15) is 4.79 Å². The molecule has 2 aliphatic rings. The summed E-state index contributed by atoms with van der Waals surface area (Å²) in [6, 6.07) is 7.94. The van der Waals surface area contributed by atoms with Gasteiger partial charge in [-0.1, -0.05) is 30.2 Å². The van der Waals surface area contributed by atoms with E-state index in [1.54, 1.807) is 0 Å². The van der Waals surface area contributed by atoms with Crippen LogP contribution in [0.5, 0.6) is 0 Å². The number of likely N-dealkylation sites (tertiary alicyclic amines) is 1. The Morgan fingerprint density at radius 3 is 2.48 bits per heavy atom. The number of carbonyl (C=O) groups excluding carboxylic acids is 1. The summed E-state index contributed by atoms with van der Waals surface area (Å²) in [7, 11) is 0. The minimum absolute atomic E-state index is 0.228. The minimum Gasteiger partial charge on any atom is -0.381 e. The Bertz CT molecular complexity index is 537. The zero-order chi connectivity index (χ0) is 17.5. The quantitative estimate of drug-likeness (QED) is 0.775. The van der Waals surface area contributed by atoms with Gasteiger partial charge in [0.25, 0.3) is 0 Å². The van der Waals surface area contributed by atoms with Crippen LogP contribution in [0.2, 0.25) is 5.02 Å². The summed E-state index contributed by atoms with van der Waals surface area (Å²) in [5.41, 5.74) is 1.03. The van der Waals surface area contributed by atoms with Crippen LogP contribution in [0.25, 0.3) is 0 Å². The normalized spacial score (nSPS) is 19.7. The Kier molecular flexibility index (Phi) is 7.14. The molecule has 0 aromatic heterocycles. The summed E-state index contributed by atoms with van der Waals surface area (Å²) in [6.07, 6.45) is 6.27. The Balaban J connectivity index is 1.61. The van der Waals surface area contributed by atoms with E-state index in [0.717, 1.165) is 44.7 Å². The van der Waals surface area contributed by atoms with Gasteiger partial charge in [0, 0.05) is 37.4 Å². The van der Waals surface area contributed by atoms with E-state index in [1.807, 2.05) is 24.3 Å². The summed E-state index contributed by atoms with van der Waals surface area (Å²) in [4.78, 5) is 17.6. The fraction of sp³-hybridized carbons (Fsp3) is 0.650. The van der Waals surface area contributed by atoms with E-state index in [-0.39, 0.29) is 5.91 Å². The van der Waals surface area contributed by atoms with Crippen LogP contribution in [-0.4, -0.2) is 61.1 Å². The highest BCUT2D eigenvalue weighted by Gasteiger charge is 2.26. The van der Waals surface area contributed by atoms with Gasteiger partial charge in [-0.15, -0.1) is 0 Å². The first-order chi connectivity index (χ1) is 12.2. The van der Waals surface area contributed by atoms with Gasteiger partial charge in [0.15, 0.2) is 0 Å². The maximum atomic E-state index is 13.0. The molecular weight excluding hydrogens is 336 g/mol. The predicted molar refractivity (Wildman–Crippen MR) is 101 cm³/mol. The van der Waals surface area contributed by atoms with Crippen molar-refractivity contribution in [2.75, 3.05) is 39.4 Å². The highest BCUT2D eigenvalue weighted by Crippen LogP contribution is 2.18. The third-order valence-electron chi connectivity index (χ3n) is 5.33. The first-order valence-electron chi connectivity index (χ1n) is 9.56. The number of halogens is 1. The highest BCUT2D eigenvalue weighted by atomic mass is 35.5. The second-order valence-electron chi connectivity index (χ2n) is 7.14. The lowest BCUT2D eigenvalue weighted by Crippen LogP contribution is -2.48. The average Bonchev–Trinajstić information content (AvgIpc) is 2.65. The molecule has 2 saturated heterocycles. The van der Waals surface area contributed by atoms with Crippen molar-refractivity contribution in [2.24, 2.45) is 0 Å². The van der Waals surface area contributed by atoms with Crippen molar-refractivity contribution in [3.63, 3.8) is 0 Å². The molecule has 2 fully saturated rings. The smallest absolute Gasteiger partial charge is 0.227 e. The fourth-order valence-corrected chi connectivity index (χ4v) is 3.94. The van der Waals surface area contributed by atoms with E-state index in [0.29, 0.717) is 17.5 Å². The van der Waals surface area contributed by atoms with Crippen LogP contribution >= 0.6 is 11.6 Å². The van der Waals surface area contributed by atoms with Crippen LogP contribution in [0.15, 0.2) is 24.3 Å². The van der Waals surface area contributed by atoms with Gasteiger partial charge in [-0.3, -0.25) is 4.79 Å². The maximum Gasteiger partial charge on any atom is 0.227 e. The van der Waals surface area contributed by atoms with E-state index >= 15 is 0 Å². The van der Waals surface area contributed by atoms with E-state index < -0.39 is 0 Å². The third-order valence-corrected chi connectivity index (χ3v) is 5.58. The Hall–Kier alpha value is -1.10. The molecule has 0 aliphatic carbocycles. The van der Waals surface area contributed by atoms with Gasteiger partial charge in [-0.25, -0.2) is 0 Å². The van der Waals surface area contributed by atoms with Crippen molar-refractivity contribution >= 4 is 17.5 Å². The zero-order valence-corrected chi connectivity index (χ0v) is 15.7. The van der Waals surface area contributed by atoms with Gasteiger partial charge >= 0.3 is 0 Å². The number of hydrogen-bond acceptors (Lipinski definition) is 3. The summed E-state index contributed by atoms with van der Waals surface area (Å²) in [5, 5.41) is 0.711. The van der Waals surface area contributed by atoms with Crippen LogP contribution in [0, 0.1) is 0 Å². The maximum absolute atomic E-state index is 13.0. The van der Waals surface area contributed by atoms with E-state index in [4.69, 9.17) is 16.3 Å². The summed E-state index contributed by atoms with van der Waals surface area (Å²) in [5.74, 6) is 0.228. The first-order valence-corrected chi connectivity index (χ1v) is 9.94. The van der Waals surface area contributed by atoms with Crippen LogP contribution in [0.3, 0.4) is 0 Å². The van der Waals surface area contributed by atoms with Gasteiger partial charge in [-0.2, -0.15) is 0 Å². The monoisotopic (exact) mass is 364 g/mol. The predicted octanol–water partition coefficient (Wildman–Crippen LogP) is 3.38. The van der Waals surface area contributed by atoms with Crippen molar-refractivity contribution in [1.82, 2.24) is 9.80 Å². The van der Waals surface area contributed by atoms with Crippen molar-refractivity contribution < 1.29 is 9.53 Å². The van der Waals surface area contributed by atoms with Gasteiger partial charge in [0.05, 0.1) is 6.42 Å². The molecule has 0 N–H and O–H groups in total. The lowest BCUT2D eigenvalue weighted by Gasteiger charge is -2.36. The van der Waals surface area contributed by atoms with Gasteiger partial charge < -0.3 is 14.5 Å². The van der Waals surface area contributed by atoms with Crippen LogP contribution in [-0.2, 0) is 16.0 Å².